The predicted octanol–water partition coefficient (Wildman–Crippen LogP) is 1.48. The number of hydrogen-bond acceptors (Lipinski definition) is 3. The molecule has 0 aliphatic carbocycles. The van der Waals surface area contributed by atoms with E-state index in [4.69, 9.17) is 0 Å². The summed E-state index contributed by atoms with van der Waals surface area (Å²) in [5, 5.41) is 13.1. The molecule has 0 unspecified atom stereocenters. The lowest BCUT2D eigenvalue weighted by molar-refractivity contribution is 0.116. The van der Waals surface area contributed by atoms with Crippen molar-refractivity contribution in [3.8, 4) is 0 Å². The molecule has 0 spiro atoms. The molecule has 0 saturated carbocycles. The summed E-state index contributed by atoms with van der Waals surface area (Å²) in [6.07, 6.45) is -0.293. The van der Waals surface area contributed by atoms with Crippen molar-refractivity contribution in [2.24, 2.45) is 0 Å². The molecule has 0 aliphatic rings. The van der Waals surface area contributed by atoms with Gasteiger partial charge >= 0.3 is 0 Å². The summed E-state index contributed by atoms with van der Waals surface area (Å²) >= 11 is 0. The molecule has 1 aromatic carbocycles. The zero-order chi connectivity index (χ0) is 12.5. The van der Waals surface area contributed by atoms with Crippen molar-refractivity contribution in [1.29, 1.82) is 0 Å². The van der Waals surface area contributed by atoms with Gasteiger partial charge in [-0.3, -0.25) is 0 Å². The first-order valence-corrected chi connectivity index (χ1v) is 6.41. The highest BCUT2D eigenvalue weighted by atomic mass is 16.3. The molecular weight excluding hydrogens is 212 g/mol. The third kappa shape index (κ3) is 5.82. The molecule has 96 valence electrons. The molecule has 0 heterocycles. The number of benzene rings is 1. The molecule has 0 fully saturated rings. The topological polar surface area (TPSA) is 35.5 Å². The van der Waals surface area contributed by atoms with E-state index in [9.17, 15) is 5.11 Å². The fourth-order valence-electron chi connectivity index (χ4n) is 1.82. The van der Waals surface area contributed by atoms with Crippen LogP contribution >= 0.6 is 0 Å². The summed E-state index contributed by atoms with van der Waals surface area (Å²) in [4.78, 5) is 2.23. The van der Waals surface area contributed by atoms with Gasteiger partial charge in [0.25, 0.3) is 0 Å². The van der Waals surface area contributed by atoms with Crippen molar-refractivity contribution in [3.63, 3.8) is 0 Å². The minimum atomic E-state index is -0.293. The molecule has 17 heavy (non-hydrogen) atoms. The van der Waals surface area contributed by atoms with Gasteiger partial charge in [0.2, 0.25) is 0 Å². The Bertz CT molecular complexity index is 286. The number of aliphatic hydroxyl groups excluding tert-OH is 1. The van der Waals surface area contributed by atoms with Crippen LogP contribution in [-0.4, -0.2) is 42.3 Å². The number of rotatable bonds is 8. The van der Waals surface area contributed by atoms with E-state index >= 15 is 0 Å². The van der Waals surface area contributed by atoms with Crippen molar-refractivity contribution in [2.75, 3.05) is 26.2 Å². The smallest absolute Gasteiger partial charge is 0.0791 e. The van der Waals surface area contributed by atoms with Crippen LogP contribution in [0.3, 0.4) is 0 Å². The SMILES string of the molecule is CCN(CC)C[C@@H](O)CNCc1ccccc1. The monoisotopic (exact) mass is 236 g/mol. The van der Waals surface area contributed by atoms with Gasteiger partial charge in [0, 0.05) is 19.6 Å². The quantitative estimate of drug-likeness (QED) is 0.717. The first kappa shape index (κ1) is 14.2. The Morgan fingerprint density at radius 2 is 1.82 bits per heavy atom. The van der Waals surface area contributed by atoms with Crippen LogP contribution in [0.2, 0.25) is 0 Å². The molecule has 2 N–H and O–H groups in total. The number of aliphatic hydroxyl groups is 1. The Hall–Kier alpha value is -0.900. The molecule has 0 radical (unpaired) electrons. The lowest BCUT2D eigenvalue weighted by Crippen LogP contribution is -2.38. The van der Waals surface area contributed by atoms with E-state index in [0.29, 0.717) is 6.54 Å². The van der Waals surface area contributed by atoms with Gasteiger partial charge in [-0.15, -0.1) is 0 Å². The third-order valence-corrected chi connectivity index (χ3v) is 2.92. The van der Waals surface area contributed by atoms with Crippen LogP contribution < -0.4 is 5.32 Å². The number of hydrogen-bond donors (Lipinski definition) is 2. The highest BCUT2D eigenvalue weighted by Gasteiger charge is 2.07. The second-order valence-corrected chi connectivity index (χ2v) is 4.26. The van der Waals surface area contributed by atoms with Crippen LogP contribution in [0.4, 0.5) is 0 Å². The molecule has 0 saturated heterocycles. The van der Waals surface area contributed by atoms with Gasteiger partial charge in [0.1, 0.15) is 0 Å². The van der Waals surface area contributed by atoms with Gasteiger partial charge in [-0.1, -0.05) is 44.2 Å². The van der Waals surface area contributed by atoms with E-state index in [1.54, 1.807) is 0 Å². The molecule has 0 amide bonds. The van der Waals surface area contributed by atoms with Crippen LogP contribution in [0.15, 0.2) is 30.3 Å². The summed E-state index contributed by atoms with van der Waals surface area (Å²) < 4.78 is 0. The molecule has 1 aromatic rings. The summed E-state index contributed by atoms with van der Waals surface area (Å²) in [5.74, 6) is 0. The van der Waals surface area contributed by atoms with Crippen LogP contribution in [0.25, 0.3) is 0 Å². The average molecular weight is 236 g/mol. The molecule has 1 atom stereocenters. The van der Waals surface area contributed by atoms with E-state index < -0.39 is 0 Å². The lowest BCUT2D eigenvalue weighted by Gasteiger charge is -2.22. The highest BCUT2D eigenvalue weighted by molar-refractivity contribution is 5.14. The van der Waals surface area contributed by atoms with E-state index in [0.717, 1.165) is 26.2 Å². The number of nitrogens with one attached hydrogen (secondary N) is 1. The van der Waals surface area contributed by atoms with Gasteiger partial charge < -0.3 is 15.3 Å². The summed E-state index contributed by atoms with van der Waals surface area (Å²) in [6, 6.07) is 10.2. The van der Waals surface area contributed by atoms with Crippen molar-refractivity contribution in [1.82, 2.24) is 10.2 Å². The maximum Gasteiger partial charge on any atom is 0.0791 e. The van der Waals surface area contributed by atoms with Crippen molar-refractivity contribution in [3.05, 3.63) is 35.9 Å². The Labute approximate surface area is 104 Å². The van der Waals surface area contributed by atoms with Gasteiger partial charge in [0.15, 0.2) is 0 Å². The average Bonchev–Trinajstić information content (AvgIpc) is 2.37. The highest BCUT2D eigenvalue weighted by Crippen LogP contribution is 1.97. The van der Waals surface area contributed by atoms with Crippen LogP contribution in [0, 0.1) is 0 Å². The maximum absolute atomic E-state index is 9.86. The lowest BCUT2D eigenvalue weighted by atomic mass is 10.2. The normalized spacial score (nSPS) is 12.9. The van der Waals surface area contributed by atoms with Crippen molar-refractivity contribution in [2.45, 2.75) is 26.5 Å². The number of likely N-dealkylation sites (N-methyl/N-ethyl adjacent to an activating group) is 1. The minimum absolute atomic E-state index is 0.293. The Kier molecular flexibility index (Phi) is 6.86. The second kappa shape index (κ2) is 8.23. The Morgan fingerprint density at radius 3 is 2.41 bits per heavy atom. The van der Waals surface area contributed by atoms with Crippen molar-refractivity contribution < 1.29 is 5.11 Å². The van der Waals surface area contributed by atoms with Crippen molar-refractivity contribution >= 4 is 0 Å². The van der Waals surface area contributed by atoms with Gasteiger partial charge in [-0.05, 0) is 18.7 Å². The minimum Gasteiger partial charge on any atom is -0.390 e. The molecule has 3 nitrogen and oxygen atoms in total. The molecule has 0 bridgehead atoms. The fraction of sp³-hybridized carbons (Fsp3) is 0.571. The fourth-order valence-corrected chi connectivity index (χ4v) is 1.82. The van der Waals surface area contributed by atoms with E-state index in [1.807, 2.05) is 18.2 Å². The standard InChI is InChI=1S/C14H24N2O/c1-3-16(4-2)12-14(17)11-15-10-13-8-6-5-7-9-13/h5-9,14-15,17H,3-4,10-12H2,1-2H3/t14-/m0/s1. The zero-order valence-corrected chi connectivity index (χ0v) is 10.9. The van der Waals surface area contributed by atoms with E-state index in [1.165, 1.54) is 5.56 Å². The maximum atomic E-state index is 9.86. The Morgan fingerprint density at radius 1 is 1.18 bits per heavy atom. The summed E-state index contributed by atoms with van der Waals surface area (Å²) in [6.45, 7) is 8.43. The largest absolute Gasteiger partial charge is 0.390 e. The zero-order valence-electron chi connectivity index (χ0n) is 10.9. The molecule has 0 aliphatic heterocycles. The van der Waals surface area contributed by atoms with Crippen LogP contribution in [-0.2, 0) is 6.54 Å². The van der Waals surface area contributed by atoms with Crippen LogP contribution in [0.1, 0.15) is 19.4 Å². The molecule has 0 aromatic heterocycles. The first-order valence-electron chi connectivity index (χ1n) is 6.41. The Balaban J connectivity index is 2.18. The molecule has 1 rings (SSSR count). The molecular formula is C14H24N2O. The van der Waals surface area contributed by atoms with E-state index in [2.05, 4.69) is 36.2 Å². The summed E-state index contributed by atoms with van der Waals surface area (Å²) in [5.41, 5.74) is 1.25. The van der Waals surface area contributed by atoms with Gasteiger partial charge in [0.05, 0.1) is 6.10 Å². The van der Waals surface area contributed by atoms with E-state index in [-0.39, 0.29) is 6.10 Å². The van der Waals surface area contributed by atoms with Crippen LogP contribution in [0.5, 0.6) is 0 Å². The predicted molar refractivity (Wildman–Crippen MR) is 71.9 cm³/mol. The third-order valence-electron chi connectivity index (χ3n) is 2.92. The number of nitrogens with zero attached hydrogens (tertiary/aromatic N) is 1. The second-order valence-electron chi connectivity index (χ2n) is 4.26. The molecule has 3 heteroatoms. The van der Waals surface area contributed by atoms with Gasteiger partial charge in [-0.25, -0.2) is 0 Å². The van der Waals surface area contributed by atoms with Gasteiger partial charge in [-0.2, -0.15) is 0 Å². The first-order chi connectivity index (χ1) is 8.26. The summed E-state index contributed by atoms with van der Waals surface area (Å²) in [7, 11) is 0.